The van der Waals surface area contributed by atoms with Crippen molar-refractivity contribution < 1.29 is 5.11 Å². The minimum atomic E-state index is 0.187. The second-order valence-corrected chi connectivity index (χ2v) is 4.67. The Morgan fingerprint density at radius 1 is 1.11 bits per heavy atom. The summed E-state index contributed by atoms with van der Waals surface area (Å²) in [6, 6.07) is 16.5. The molecular weight excluding hydrogens is 236 g/mol. The number of hydrogen-bond donors (Lipinski definition) is 1. The van der Waals surface area contributed by atoms with Crippen LogP contribution in [0.4, 0.5) is 0 Å². The first kappa shape index (κ1) is 13.7. The zero-order valence-corrected chi connectivity index (χ0v) is 11.2. The molecule has 0 spiro atoms. The molecular formula is C16H20N2O. The van der Waals surface area contributed by atoms with Crippen LogP contribution in [-0.4, -0.2) is 28.6 Å². The Bertz CT molecular complexity index is 473. The fourth-order valence-corrected chi connectivity index (χ4v) is 2.30. The Kier molecular flexibility index (Phi) is 5.07. The van der Waals surface area contributed by atoms with Crippen LogP contribution in [0.25, 0.3) is 0 Å². The summed E-state index contributed by atoms with van der Waals surface area (Å²) in [4.78, 5) is 6.58. The van der Waals surface area contributed by atoms with E-state index in [1.165, 1.54) is 5.56 Å². The lowest BCUT2D eigenvalue weighted by atomic mass is 10.0. The molecule has 0 saturated carbocycles. The SMILES string of the molecule is CN(Cc1ccccn1)[C@@H](CCO)c1ccccc1. The van der Waals surface area contributed by atoms with Gasteiger partial charge in [0.15, 0.2) is 0 Å². The van der Waals surface area contributed by atoms with E-state index in [1.807, 2.05) is 42.6 Å². The number of nitrogens with zero attached hydrogens (tertiary/aromatic N) is 2. The number of rotatable bonds is 6. The van der Waals surface area contributed by atoms with E-state index in [2.05, 4.69) is 29.1 Å². The third kappa shape index (κ3) is 3.88. The Labute approximate surface area is 114 Å². The number of aliphatic hydroxyl groups is 1. The molecule has 0 aliphatic carbocycles. The van der Waals surface area contributed by atoms with Gasteiger partial charge in [-0.3, -0.25) is 9.88 Å². The fourth-order valence-electron chi connectivity index (χ4n) is 2.30. The molecule has 3 heteroatoms. The maximum Gasteiger partial charge on any atom is 0.0544 e. The van der Waals surface area contributed by atoms with Crippen LogP contribution in [0.5, 0.6) is 0 Å². The largest absolute Gasteiger partial charge is 0.396 e. The number of hydrogen-bond acceptors (Lipinski definition) is 3. The van der Waals surface area contributed by atoms with Crippen LogP contribution in [0.2, 0.25) is 0 Å². The molecule has 0 aliphatic heterocycles. The van der Waals surface area contributed by atoms with E-state index >= 15 is 0 Å². The second-order valence-electron chi connectivity index (χ2n) is 4.67. The lowest BCUT2D eigenvalue weighted by Gasteiger charge is -2.27. The molecule has 1 atom stereocenters. The van der Waals surface area contributed by atoms with Crippen molar-refractivity contribution >= 4 is 0 Å². The van der Waals surface area contributed by atoms with E-state index in [4.69, 9.17) is 0 Å². The van der Waals surface area contributed by atoms with Crippen molar-refractivity contribution in [1.82, 2.24) is 9.88 Å². The summed E-state index contributed by atoms with van der Waals surface area (Å²) in [6.07, 6.45) is 2.54. The number of pyridine rings is 1. The van der Waals surface area contributed by atoms with E-state index in [0.29, 0.717) is 0 Å². The number of aliphatic hydroxyl groups excluding tert-OH is 1. The Morgan fingerprint density at radius 3 is 2.47 bits per heavy atom. The molecule has 0 bridgehead atoms. The van der Waals surface area contributed by atoms with Gasteiger partial charge in [-0.2, -0.15) is 0 Å². The van der Waals surface area contributed by atoms with Gasteiger partial charge in [-0.1, -0.05) is 36.4 Å². The van der Waals surface area contributed by atoms with Crippen LogP contribution in [0.1, 0.15) is 23.7 Å². The van der Waals surface area contributed by atoms with Gasteiger partial charge in [0.05, 0.1) is 5.69 Å². The zero-order valence-electron chi connectivity index (χ0n) is 11.2. The first-order valence-corrected chi connectivity index (χ1v) is 6.57. The molecule has 19 heavy (non-hydrogen) atoms. The van der Waals surface area contributed by atoms with Crippen molar-refractivity contribution in [2.75, 3.05) is 13.7 Å². The molecule has 0 fully saturated rings. The van der Waals surface area contributed by atoms with Gasteiger partial charge in [0.25, 0.3) is 0 Å². The van der Waals surface area contributed by atoms with Gasteiger partial charge in [-0.05, 0) is 31.2 Å². The minimum absolute atomic E-state index is 0.187. The molecule has 2 rings (SSSR count). The molecule has 1 aromatic heterocycles. The van der Waals surface area contributed by atoms with Crippen molar-refractivity contribution in [2.45, 2.75) is 19.0 Å². The highest BCUT2D eigenvalue weighted by molar-refractivity contribution is 5.19. The highest BCUT2D eigenvalue weighted by atomic mass is 16.3. The van der Waals surface area contributed by atoms with Crippen molar-refractivity contribution in [3.05, 3.63) is 66.0 Å². The summed E-state index contributed by atoms with van der Waals surface area (Å²) in [5.74, 6) is 0. The van der Waals surface area contributed by atoms with Crippen LogP contribution in [0.3, 0.4) is 0 Å². The maximum absolute atomic E-state index is 9.27. The third-order valence-electron chi connectivity index (χ3n) is 3.26. The third-order valence-corrected chi connectivity index (χ3v) is 3.26. The Hall–Kier alpha value is -1.71. The van der Waals surface area contributed by atoms with E-state index in [-0.39, 0.29) is 12.6 Å². The minimum Gasteiger partial charge on any atom is -0.396 e. The van der Waals surface area contributed by atoms with Crippen molar-refractivity contribution in [3.8, 4) is 0 Å². The summed E-state index contributed by atoms with van der Waals surface area (Å²) in [5, 5.41) is 9.27. The monoisotopic (exact) mass is 256 g/mol. The van der Waals surface area contributed by atoms with E-state index in [0.717, 1.165) is 18.7 Å². The number of aromatic nitrogens is 1. The van der Waals surface area contributed by atoms with Crippen molar-refractivity contribution in [2.24, 2.45) is 0 Å². The summed E-state index contributed by atoms with van der Waals surface area (Å²) in [7, 11) is 2.07. The van der Waals surface area contributed by atoms with Crippen molar-refractivity contribution in [3.63, 3.8) is 0 Å². The second kappa shape index (κ2) is 7.02. The van der Waals surface area contributed by atoms with Gasteiger partial charge in [0, 0.05) is 25.4 Å². The lowest BCUT2D eigenvalue weighted by Crippen LogP contribution is -2.25. The summed E-state index contributed by atoms with van der Waals surface area (Å²) >= 11 is 0. The Morgan fingerprint density at radius 2 is 1.84 bits per heavy atom. The molecule has 3 nitrogen and oxygen atoms in total. The summed E-state index contributed by atoms with van der Waals surface area (Å²) in [6.45, 7) is 0.965. The standard InChI is InChI=1S/C16H20N2O/c1-18(13-15-9-5-6-11-17-15)16(10-12-19)14-7-3-2-4-8-14/h2-9,11,16,19H,10,12-13H2,1H3/t16-/m0/s1. The van der Waals surface area contributed by atoms with Crippen LogP contribution in [0, 0.1) is 0 Å². The van der Waals surface area contributed by atoms with Gasteiger partial charge in [-0.15, -0.1) is 0 Å². The van der Waals surface area contributed by atoms with Crippen molar-refractivity contribution in [1.29, 1.82) is 0 Å². The molecule has 100 valence electrons. The predicted octanol–water partition coefficient (Wildman–Crippen LogP) is 2.64. The van der Waals surface area contributed by atoms with Crippen LogP contribution in [0.15, 0.2) is 54.7 Å². The molecule has 0 radical (unpaired) electrons. The summed E-state index contributed by atoms with van der Waals surface area (Å²) in [5.41, 5.74) is 2.28. The number of benzene rings is 1. The van der Waals surface area contributed by atoms with Gasteiger partial charge in [-0.25, -0.2) is 0 Å². The molecule has 0 aliphatic rings. The molecule has 1 heterocycles. The summed E-state index contributed by atoms with van der Waals surface area (Å²) < 4.78 is 0. The first-order chi connectivity index (χ1) is 9.31. The topological polar surface area (TPSA) is 36.4 Å². The highest BCUT2D eigenvalue weighted by Crippen LogP contribution is 2.23. The maximum atomic E-state index is 9.27. The quantitative estimate of drug-likeness (QED) is 0.863. The molecule has 0 saturated heterocycles. The normalized spacial score (nSPS) is 12.6. The molecule has 0 unspecified atom stereocenters. The average Bonchev–Trinajstić information content (AvgIpc) is 2.46. The van der Waals surface area contributed by atoms with Gasteiger partial charge in [0.1, 0.15) is 0 Å². The first-order valence-electron chi connectivity index (χ1n) is 6.57. The van der Waals surface area contributed by atoms with E-state index in [1.54, 1.807) is 0 Å². The Balaban J connectivity index is 2.11. The van der Waals surface area contributed by atoms with E-state index in [9.17, 15) is 5.11 Å². The van der Waals surface area contributed by atoms with Gasteiger partial charge < -0.3 is 5.11 Å². The van der Waals surface area contributed by atoms with Gasteiger partial charge >= 0.3 is 0 Å². The predicted molar refractivity (Wildman–Crippen MR) is 76.6 cm³/mol. The van der Waals surface area contributed by atoms with Crippen LogP contribution >= 0.6 is 0 Å². The molecule has 2 aromatic rings. The molecule has 1 aromatic carbocycles. The van der Waals surface area contributed by atoms with E-state index < -0.39 is 0 Å². The highest BCUT2D eigenvalue weighted by Gasteiger charge is 2.16. The van der Waals surface area contributed by atoms with Gasteiger partial charge in [0.2, 0.25) is 0 Å². The lowest BCUT2D eigenvalue weighted by molar-refractivity contribution is 0.178. The smallest absolute Gasteiger partial charge is 0.0544 e. The zero-order chi connectivity index (χ0) is 13.5. The average molecular weight is 256 g/mol. The van der Waals surface area contributed by atoms with Crippen LogP contribution in [-0.2, 0) is 6.54 Å². The fraction of sp³-hybridized carbons (Fsp3) is 0.312. The molecule has 0 amide bonds. The molecule has 1 N–H and O–H groups in total. The van der Waals surface area contributed by atoms with Crippen LogP contribution < -0.4 is 0 Å².